The first-order valence-corrected chi connectivity index (χ1v) is 20.3. The largest absolute Gasteiger partial charge is 0.372 e. The van der Waals surface area contributed by atoms with Crippen molar-refractivity contribution in [2.45, 2.75) is 82.8 Å². The summed E-state index contributed by atoms with van der Waals surface area (Å²) in [5, 5.41) is 0. The number of carbonyl (C=O) groups excluding carboxylic acids is 1. The molecule has 0 N–H and O–H groups in total. The Morgan fingerprint density at radius 3 is 1.69 bits per heavy atom. The standard InChI is InChI=1S/C51H51NO6/c1-37(41-26-28-42(29-27-41)46-30-48(53)52(46)45-24-12-5-13-25-45)49-51(57-35-44-23-15-14-22-43(44)34-54-31-38-16-6-2-7-17-38)50(56-33-40-20-10-4-11-21-40)47(36-58-49)55-32-39-18-8-3-9-19-39/h2-29,37,46-47,49-51H,30-36H2,1H3/t37-,46-,47-,49-,50-,51-/m0/s1. The van der Waals surface area contributed by atoms with Crippen LogP contribution in [0.25, 0.3) is 0 Å². The zero-order valence-electron chi connectivity index (χ0n) is 33.0. The van der Waals surface area contributed by atoms with Gasteiger partial charge in [-0.05, 0) is 51.1 Å². The topological polar surface area (TPSA) is 66.5 Å². The molecule has 58 heavy (non-hydrogen) atoms. The molecule has 0 spiro atoms. The van der Waals surface area contributed by atoms with Crippen LogP contribution in [0.1, 0.15) is 64.2 Å². The van der Waals surface area contributed by atoms with Crippen molar-refractivity contribution in [3.05, 3.63) is 209 Å². The van der Waals surface area contributed by atoms with Gasteiger partial charge in [-0.3, -0.25) is 4.79 Å². The highest BCUT2D eigenvalue weighted by atomic mass is 16.6. The van der Waals surface area contributed by atoms with E-state index in [9.17, 15) is 4.79 Å². The molecule has 0 unspecified atom stereocenters. The lowest BCUT2D eigenvalue weighted by molar-refractivity contribution is -0.241. The van der Waals surface area contributed by atoms with Crippen LogP contribution in [0.4, 0.5) is 5.69 Å². The Hall–Kier alpha value is -5.41. The molecule has 2 fully saturated rings. The van der Waals surface area contributed by atoms with Crippen LogP contribution in [-0.4, -0.2) is 36.9 Å². The van der Waals surface area contributed by atoms with Gasteiger partial charge >= 0.3 is 0 Å². The Labute approximate surface area is 342 Å². The van der Waals surface area contributed by atoms with Gasteiger partial charge in [0, 0.05) is 11.6 Å². The van der Waals surface area contributed by atoms with Gasteiger partial charge in [-0.15, -0.1) is 0 Å². The third kappa shape index (κ3) is 9.64. The summed E-state index contributed by atoms with van der Waals surface area (Å²) in [6, 6.07) is 57.5. The average molecular weight is 774 g/mol. The molecule has 0 aromatic heterocycles. The van der Waals surface area contributed by atoms with Gasteiger partial charge in [0.25, 0.3) is 0 Å². The summed E-state index contributed by atoms with van der Waals surface area (Å²) >= 11 is 0. The van der Waals surface area contributed by atoms with Crippen molar-refractivity contribution < 1.29 is 28.5 Å². The molecule has 0 bridgehead atoms. The first-order chi connectivity index (χ1) is 28.6. The highest BCUT2D eigenvalue weighted by Crippen LogP contribution is 2.40. The summed E-state index contributed by atoms with van der Waals surface area (Å²) in [5.41, 5.74) is 8.59. The number of nitrogens with zero attached hydrogens (tertiary/aromatic N) is 1. The number of carbonyl (C=O) groups is 1. The number of ether oxygens (including phenoxy) is 5. The van der Waals surface area contributed by atoms with Gasteiger partial charge in [-0.2, -0.15) is 0 Å². The smallest absolute Gasteiger partial charge is 0.230 e. The number of rotatable bonds is 17. The molecule has 2 saturated heterocycles. The van der Waals surface area contributed by atoms with Gasteiger partial charge in [0.05, 0.1) is 58.2 Å². The van der Waals surface area contributed by atoms with E-state index >= 15 is 0 Å². The van der Waals surface area contributed by atoms with Gasteiger partial charge in [0.2, 0.25) is 5.91 Å². The monoisotopic (exact) mass is 773 g/mol. The molecule has 2 aliphatic heterocycles. The van der Waals surface area contributed by atoms with E-state index in [0.717, 1.165) is 44.6 Å². The van der Waals surface area contributed by atoms with E-state index in [-0.39, 0.29) is 30.1 Å². The van der Waals surface area contributed by atoms with Crippen LogP contribution in [0.5, 0.6) is 0 Å². The summed E-state index contributed by atoms with van der Waals surface area (Å²) in [4.78, 5) is 14.6. The first kappa shape index (κ1) is 39.4. The second-order valence-electron chi connectivity index (χ2n) is 15.2. The maximum Gasteiger partial charge on any atom is 0.230 e. The number of amides is 1. The average Bonchev–Trinajstić information content (AvgIpc) is 3.27. The molecule has 1 amide bonds. The van der Waals surface area contributed by atoms with Crippen molar-refractivity contribution in [2.75, 3.05) is 11.5 Å². The molecule has 8 rings (SSSR count). The lowest BCUT2D eigenvalue weighted by Gasteiger charge is -2.44. The first-order valence-electron chi connectivity index (χ1n) is 20.3. The molecule has 7 heteroatoms. The zero-order chi connectivity index (χ0) is 39.5. The normalized spacial score (nSPS) is 21.0. The lowest BCUT2D eigenvalue weighted by atomic mass is 9.85. The Morgan fingerprint density at radius 1 is 0.569 bits per heavy atom. The fourth-order valence-electron chi connectivity index (χ4n) is 7.99. The number of para-hydroxylation sites is 1. The second kappa shape index (κ2) is 19.4. The van der Waals surface area contributed by atoms with Crippen LogP contribution in [-0.2, 0) is 61.5 Å². The second-order valence-corrected chi connectivity index (χ2v) is 15.2. The molecule has 6 aromatic rings. The van der Waals surface area contributed by atoms with Crippen LogP contribution in [0.3, 0.4) is 0 Å². The van der Waals surface area contributed by atoms with Crippen molar-refractivity contribution in [1.29, 1.82) is 0 Å². The SMILES string of the molecule is C[C@@H](c1ccc([C@@H]2CC(=O)N2c2ccccc2)cc1)[C@@H]1OC[C@H](OCc2ccccc2)[C@H](OCc2ccccc2)[C@H]1OCc1ccccc1COCc1ccccc1. The highest BCUT2D eigenvalue weighted by molar-refractivity contribution is 6.01. The molecule has 7 nitrogen and oxygen atoms in total. The van der Waals surface area contributed by atoms with E-state index in [1.807, 2.05) is 102 Å². The van der Waals surface area contributed by atoms with E-state index in [1.54, 1.807) is 0 Å². The van der Waals surface area contributed by atoms with Crippen molar-refractivity contribution in [2.24, 2.45) is 0 Å². The fraction of sp³-hybridized carbons (Fsp3) is 0.275. The molecule has 6 aromatic carbocycles. The van der Waals surface area contributed by atoms with Crippen molar-refractivity contribution in [3.8, 4) is 0 Å². The Kier molecular flexibility index (Phi) is 13.2. The van der Waals surface area contributed by atoms with Crippen LogP contribution >= 0.6 is 0 Å². The summed E-state index contributed by atoms with van der Waals surface area (Å²) < 4.78 is 33.6. The minimum atomic E-state index is -0.468. The molecule has 296 valence electrons. The molecular weight excluding hydrogens is 723 g/mol. The lowest BCUT2D eigenvalue weighted by Crippen LogP contribution is -2.57. The maximum atomic E-state index is 12.7. The number of anilines is 1. The quantitative estimate of drug-likeness (QED) is 0.0861. The van der Waals surface area contributed by atoms with Gasteiger partial charge < -0.3 is 28.6 Å². The summed E-state index contributed by atoms with van der Waals surface area (Å²) in [7, 11) is 0. The molecule has 2 aliphatic rings. The van der Waals surface area contributed by atoms with Gasteiger partial charge in [-0.25, -0.2) is 0 Å². The van der Waals surface area contributed by atoms with E-state index < -0.39 is 12.2 Å². The van der Waals surface area contributed by atoms with Gasteiger partial charge in [-0.1, -0.05) is 165 Å². The minimum Gasteiger partial charge on any atom is -0.372 e. The number of β-lactam (4-membered cyclic amide) rings is 1. The Bertz CT molecular complexity index is 2170. The molecule has 6 atom stereocenters. The molecule has 0 radical (unpaired) electrons. The summed E-state index contributed by atoms with van der Waals surface area (Å²) in [6.45, 7) is 4.74. The molecule has 2 heterocycles. The van der Waals surface area contributed by atoms with E-state index in [2.05, 4.69) is 79.7 Å². The van der Waals surface area contributed by atoms with Crippen LogP contribution in [0, 0.1) is 0 Å². The van der Waals surface area contributed by atoms with Gasteiger partial charge in [0.15, 0.2) is 0 Å². The number of hydrogen-bond acceptors (Lipinski definition) is 6. The van der Waals surface area contributed by atoms with E-state index in [0.29, 0.717) is 46.1 Å². The zero-order valence-corrected chi connectivity index (χ0v) is 33.0. The Morgan fingerprint density at radius 2 is 1.09 bits per heavy atom. The Balaban J connectivity index is 1.05. The van der Waals surface area contributed by atoms with Crippen molar-refractivity contribution in [1.82, 2.24) is 0 Å². The molecule has 0 saturated carbocycles. The van der Waals surface area contributed by atoms with E-state index in [1.165, 1.54) is 0 Å². The van der Waals surface area contributed by atoms with Gasteiger partial charge in [0.1, 0.15) is 18.3 Å². The number of hydrogen-bond donors (Lipinski definition) is 0. The molecule has 0 aliphatic carbocycles. The minimum absolute atomic E-state index is 0.0105. The molecular formula is C51H51NO6. The van der Waals surface area contributed by atoms with Crippen LogP contribution in [0.2, 0.25) is 0 Å². The number of benzene rings is 6. The fourth-order valence-corrected chi connectivity index (χ4v) is 7.99. The van der Waals surface area contributed by atoms with Crippen LogP contribution in [0.15, 0.2) is 170 Å². The third-order valence-electron chi connectivity index (χ3n) is 11.3. The predicted octanol–water partition coefficient (Wildman–Crippen LogP) is 10.1. The third-order valence-corrected chi connectivity index (χ3v) is 11.3. The van der Waals surface area contributed by atoms with Crippen molar-refractivity contribution in [3.63, 3.8) is 0 Å². The maximum absolute atomic E-state index is 12.7. The van der Waals surface area contributed by atoms with E-state index in [4.69, 9.17) is 23.7 Å². The summed E-state index contributed by atoms with van der Waals surface area (Å²) in [6.07, 6.45) is -1.11. The predicted molar refractivity (Wildman–Crippen MR) is 226 cm³/mol. The summed E-state index contributed by atoms with van der Waals surface area (Å²) in [5.74, 6) is 0.0915. The highest BCUT2D eigenvalue weighted by Gasteiger charge is 2.46. The van der Waals surface area contributed by atoms with Crippen molar-refractivity contribution >= 4 is 11.6 Å². The van der Waals surface area contributed by atoms with Crippen LogP contribution < -0.4 is 4.90 Å².